The zero-order valence-electron chi connectivity index (χ0n) is 12.9. The Morgan fingerprint density at radius 3 is 2.82 bits per heavy atom. The number of ether oxygens (including phenoxy) is 1. The molecule has 0 N–H and O–H groups in total. The van der Waals surface area contributed by atoms with Gasteiger partial charge in [0.25, 0.3) is 5.91 Å². The molecule has 0 unspecified atom stereocenters. The van der Waals surface area contributed by atoms with Gasteiger partial charge in [0, 0.05) is 25.7 Å². The lowest BCUT2D eigenvalue weighted by Crippen LogP contribution is -2.36. The lowest BCUT2D eigenvalue weighted by atomic mass is 9.98. The molecule has 0 spiro atoms. The maximum Gasteiger partial charge on any atom is 0.260 e. The average molecular weight is 303 g/mol. The Hall–Kier alpha value is -2.37. The van der Waals surface area contributed by atoms with E-state index in [-0.39, 0.29) is 11.5 Å². The quantitative estimate of drug-likeness (QED) is 0.853. The second kappa shape index (κ2) is 5.44. The lowest BCUT2D eigenvalue weighted by molar-refractivity contribution is 0.0727. The summed E-state index contributed by atoms with van der Waals surface area (Å²) in [6.45, 7) is 2.65. The molecule has 0 saturated carbocycles. The van der Waals surface area contributed by atoms with Crippen molar-refractivity contribution in [3.63, 3.8) is 0 Å². The van der Waals surface area contributed by atoms with Crippen LogP contribution in [-0.2, 0) is 20.0 Å². The van der Waals surface area contributed by atoms with Crippen molar-refractivity contribution >= 4 is 5.91 Å². The fourth-order valence-electron chi connectivity index (χ4n) is 2.97. The Labute approximate surface area is 128 Å². The first-order chi connectivity index (χ1) is 10.5. The normalized spacial score (nSPS) is 13.9. The minimum atomic E-state index is -0.584. The molecule has 0 atom stereocenters. The van der Waals surface area contributed by atoms with Gasteiger partial charge in [0.2, 0.25) is 5.95 Å². The van der Waals surface area contributed by atoms with Crippen LogP contribution in [0.3, 0.4) is 0 Å². The molecule has 0 fully saturated rings. The number of nitrogens with zero attached hydrogens (tertiary/aromatic N) is 3. The number of hydrogen-bond donors (Lipinski definition) is 0. The number of methoxy groups -OCH3 is 1. The fraction of sp³-hybridized carbons (Fsp3) is 0.375. The summed E-state index contributed by atoms with van der Waals surface area (Å²) in [5.41, 5.74) is 2.65. The van der Waals surface area contributed by atoms with Crippen molar-refractivity contribution < 1.29 is 13.9 Å². The largest absolute Gasteiger partial charge is 0.496 e. The summed E-state index contributed by atoms with van der Waals surface area (Å²) in [7, 11) is 3.14. The molecule has 1 amide bonds. The van der Waals surface area contributed by atoms with Crippen LogP contribution in [0.2, 0.25) is 0 Å². The molecule has 0 saturated heterocycles. The SMILES string of the molecule is COc1cccc2c1CCN(C(=O)c1c(C)nn(C)c1F)C2. The van der Waals surface area contributed by atoms with Gasteiger partial charge >= 0.3 is 0 Å². The first-order valence-corrected chi connectivity index (χ1v) is 7.16. The number of benzene rings is 1. The minimum absolute atomic E-state index is 0.0637. The van der Waals surface area contributed by atoms with Gasteiger partial charge in [-0.3, -0.25) is 4.79 Å². The highest BCUT2D eigenvalue weighted by atomic mass is 19.1. The number of rotatable bonds is 2. The van der Waals surface area contributed by atoms with Crippen LogP contribution in [0.5, 0.6) is 5.75 Å². The zero-order valence-corrected chi connectivity index (χ0v) is 12.9. The number of carbonyl (C=O) groups is 1. The Balaban J connectivity index is 1.90. The molecule has 1 aromatic carbocycles. The third-order valence-corrected chi connectivity index (χ3v) is 4.10. The first-order valence-electron chi connectivity index (χ1n) is 7.16. The van der Waals surface area contributed by atoms with Crippen molar-refractivity contribution in [2.24, 2.45) is 7.05 Å². The number of amides is 1. The van der Waals surface area contributed by atoms with E-state index in [0.29, 0.717) is 25.2 Å². The predicted octanol–water partition coefficient (Wildman–Crippen LogP) is 2.07. The number of hydrogen-bond acceptors (Lipinski definition) is 3. The third kappa shape index (κ3) is 2.24. The van der Waals surface area contributed by atoms with E-state index in [9.17, 15) is 9.18 Å². The van der Waals surface area contributed by atoms with Crippen molar-refractivity contribution in [1.29, 1.82) is 0 Å². The van der Waals surface area contributed by atoms with Crippen LogP contribution in [-0.4, -0.2) is 34.2 Å². The van der Waals surface area contributed by atoms with E-state index >= 15 is 0 Å². The Bertz CT molecular complexity index is 739. The van der Waals surface area contributed by atoms with Crippen molar-refractivity contribution in [1.82, 2.24) is 14.7 Å². The number of halogens is 1. The van der Waals surface area contributed by atoms with Gasteiger partial charge in [0.05, 0.1) is 12.8 Å². The monoisotopic (exact) mass is 303 g/mol. The van der Waals surface area contributed by atoms with Gasteiger partial charge in [-0.05, 0) is 25.0 Å². The molecule has 22 heavy (non-hydrogen) atoms. The van der Waals surface area contributed by atoms with Crippen LogP contribution < -0.4 is 4.74 Å². The lowest BCUT2D eigenvalue weighted by Gasteiger charge is -2.29. The summed E-state index contributed by atoms with van der Waals surface area (Å²) in [4.78, 5) is 14.3. The summed E-state index contributed by atoms with van der Waals surface area (Å²) < 4.78 is 20.5. The topological polar surface area (TPSA) is 47.4 Å². The van der Waals surface area contributed by atoms with E-state index in [1.165, 1.54) is 7.05 Å². The molecule has 1 aliphatic heterocycles. The summed E-state index contributed by atoms with van der Waals surface area (Å²) in [6.07, 6.45) is 0.700. The van der Waals surface area contributed by atoms with Gasteiger partial charge in [-0.2, -0.15) is 9.49 Å². The van der Waals surface area contributed by atoms with E-state index < -0.39 is 5.95 Å². The van der Waals surface area contributed by atoms with E-state index in [1.54, 1.807) is 18.9 Å². The number of aromatic nitrogens is 2. The Morgan fingerprint density at radius 1 is 1.41 bits per heavy atom. The maximum atomic E-state index is 14.1. The van der Waals surface area contributed by atoms with Crippen molar-refractivity contribution in [3.05, 3.63) is 46.5 Å². The van der Waals surface area contributed by atoms with E-state index in [0.717, 1.165) is 21.6 Å². The van der Waals surface area contributed by atoms with Crippen LogP contribution in [0.15, 0.2) is 18.2 Å². The first kappa shape index (κ1) is 14.6. The number of fused-ring (bicyclic) bond motifs is 1. The fourth-order valence-corrected chi connectivity index (χ4v) is 2.97. The standard InChI is InChI=1S/C16H18FN3O2/c1-10-14(15(17)19(2)18-10)16(21)20-8-7-12-11(9-20)5-4-6-13(12)22-3/h4-6H,7-9H2,1-3H3. The van der Waals surface area contributed by atoms with Gasteiger partial charge in [-0.1, -0.05) is 12.1 Å². The van der Waals surface area contributed by atoms with Crippen molar-refractivity contribution in [2.45, 2.75) is 19.9 Å². The molecule has 0 radical (unpaired) electrons. The van der Waals surface area contributed by atoms with Crippen LogP contribution in [0.4, 0.5) is 4.39 Å². The van der Waals surface area contributed by atoms with Gasteiger partial charge in [0.15, 0.2) is 0 Å². The molecule has 2 heterocycles. The molecule has 3 rings (SSSR count). The molecule has 0 bridgehead atoms. The maximum absolute atomic E-state index is 14.1. The highest BCUT2D eigenvalue weighted by Crippen LogP contribution is 2.28. The van der Waals surface area contributed by atoms with Crippen LogP contribution in [0.25, 0.3) is 0 Å². The van der Waals surface area contributed by atoms with Gasteiger partial charge in [-0.25, -0.2) is 4.68 Å². The summed E-state index contributed by atoms with van der Waals surface area (Å²) in [6, 6.07) is 5.80. The van der Waals surface area contributed by atoms with E-state index in [2.05, 4.69) is 5.10 Å². The van der Waals surface area contributed by atoms with Crippen LogP contribution in [0, 0.1) is 12.9 Å². The highest BCUT2D eigenvalue weighted by Gasteiger charge is 2.28. The summed E-state index contributed by atoms with van der Waals surface area (Å²) >= 11 is 0. The molecule has 2 aromatic rings. The molecule has 0 aliphatic carbocycles. The van der Waals surface area contributed by atoms with Gasteiger partial charge in [-0.15, -0.1) is 0 Å². The molecule has 5 nitrogen and oxygen atoms in total. The smallest absolute Gasteiger partial charge is 0.260 e. The predicted molar refractivity (Wildman–Crippen MR) is 79.3 cm³/mol. The van der Waals surface area contributed by atoms with E-state index in [4.69, 9.17) is 4.74 Å². The summed E-state index contributed by atoms with van der Waals surface area (Å²) in [5, 5.41) is 3.97. The van der Waals surface area contributed by atoms with Gasteiger partial charge < -0.3 is 9.64 Å². The van der Waals surface area contributed by atoms with Crippen molar-refractivity contribution in [2.75, 3.05) is 13.7 Å². The molecule has 1 aromatic heterocycles. The Kier molecular flexibility index (Phi) is 3.60. The number of carbonyl (C=O) groups excluding carboxylic acids is 1. The zero-order chi connectivity index (χ0) is 15.9. The molecular weight excluding hydrogens is 285 g/mol. The average Bonchev–Trinajstić information content (AvgIpc) is 2.78. The second-order valence-electron chi connectivity index (χ2n) is 5.45. The van der Waals surface area contributed by atoms with Gasteiger partial charge in [0.1, 0.15) is 11.3 Å². The molecule has 1 aliphatic rings. The second-order valence-corrected chi connectivity index (χ2v) is 5.45. The Morgan fingerprint density at radius 2 is 2.18 bits per heavy atom. The van der Waals surface area contributed by atoms with E-state index in [1.807, 2.05) is 18.2 Å². The molecular formula is C16H18FN3O2. The van der Waals surface area contributed by atoms with Crippen LogP contribution >= 0.6 is 0 Å². The van der Waals surface area contributed by atoms with Crippen LogP contribution in [0.1, 0.15) is 27.2 Å². The molecule has 6 heteroatoms. The minimum Gasteiger partial charge on any atom is -0.496 e. The number of aryl methyl sites for hydroxylation is 2. The molecule has 116 valence electrons. The third-order valence-electron chi connectivity index (χ3n) is 4.10. The highest BCUT2D eigenvalue weighted by molar-refractivity contribution is 5.95. The van der Waals surface area contributed by atoms with Crippen molar-refractivity contribution in [3.8, 4) is 5.75 Å². The summed E-state index contributed by atoms with van der Waals surface area (Å²) in [5.74, 6) is -0.0520.